The fourth-order valence-electron chi connectivity index (χ4n) is 9.21. The van der Waals surface area contributed by atoms with Gasteiger partial charge in [-0.15, -0.1) is 0 Å². The lowest BCUT2D eigenvalue weighted by molar-refractivity contribution is -0.143. The predicted octanol–water partition coefficient (Wildman–Crippen LogP) is 1.72. The van der Waals surface area contributed by atoms with E-state index in [-0.39, 0.29) is 80.3 Å². The topological polar surface area (TPSA) is 123 Å². The van der Waals surface area contributed by atoms with Crippen LogP contribution in [0.4, 0.5) is 18.0 Å². The van der Waals surface area contributed by atoms with Gasteiger partial charge < -0.3 is 20.3 Å². The number of amides is 5. The maximum absolute atomic E-state index is 15.7. The third-order valence-corrected chi connectivity index (χ3v) is 11.5. The van der Waals surface area contributed by atoms with Crippen LogP contribution in [-0.4, -0.2) is 122 Å². The number of carbonyl (C=O) groups excluding carboxylic acids is 4. The summed E-state index contributed by atoms with van der Waals surface area (Å²) in [6, 6.07) is -0.900. The molecule has 6 aliphatic rings. The summed E-state index contributed by atoms with van der Waals surface area (Å²) in [4.78, 5) is 55.4. The first kappa shape index (κ1) is 32.5. The molecule has 6 rings (SSSR count). The van der Waals surface area contributed by atoms with Gasteiger partial charge in [0.25, 0.3) is 5.91 Å². The SMILES string of the molecule is CNC(=O)CN1CC(C2CCC3C(C2)[C@H](F)C[C@]32NC(=O)N(CC(=O)N(CC3CC(F)CC(F)C3)C3CCOCC3)C2=O)CN1. The fourth-order valence-corrected chi connectivity index (χ4v) is 9.21. The molecule has 5 amide bonds. The molecule has 0 aromatic heterocycles. The zero-order valence-corrected chi connectivity index (χ0v) is 26.0. The fraction of sp³-hybridized carbons (Fsp3) is 0.871. The molecule has 3 aliphatic heterocycles. The minimum atomic E-state index is -1.37. The van der Waals surface area contributed by atoms with Gasteiger partial charge in [-0.25, -0.2) is 23.0 Å². The van der Waals surface area contributed by atoms with Gasteiger partial charge in [0.2, 0.25) is 11.8 Å². The summed E-state index contributed by atoms with van der Waals surface area (Å²) >= 11 is 0. The van der Waals surface area contributed by atoms with Gasteiger partial charge in [0.15, 0.2) is 0 Å². The number of imide groups is 1. The molecule has 3 aliphatic carbocycles. The minimum Gasteiger partial charge on any atom is -0.381 e. The van der Waals surface area contributed by atoms with Gasteiger partial charge in [0, 0.05) is 58.8 Å². The number of carbonyl (C=O) groups is 4. The highest BCUT2D eigenvalue weighted by molar-refractivity contribution is 6.09. The van der Waals surface area contributed by atoms with E-state index in [0.29, 0.717) is 52.0 Å². The quantitative estimate of drug-likeness (QED) is 0.346. The first-order valence-corrected chi connectivity index (χ1v) is 16.7. The summed E-state index contributed by atoms with van der Waals surface area (Å²) in [5.74, 6) is -1.70. The number of hydrazine groups is 1. The number of nitrogens with zero attached hydrogens (tertiary/aromatic N) is 3. The summed E-state index contributed by atoms with van der Waals surface area (Å²) in [7, 11) is 1.60. The first-order valence-electron chi connectivity index (χ1n) is 16.7. The molecule has 0 radical (unpaired) electrons. The number of hydrogen-bond acceptors (Lipinski definition) is 7. The van der Waals surface area contributed by atoms with E-state index in [2.05, 4.69) is 16.1 Å². The average molecular weight is 641 g/mol. The summed E-state index contributed by atoms with van der Waals surface area (Å²) in [5, 5.41) is 7.34. The van der Waals surface area contributed by atoms with Crippen molar-refractivity contribution in [2.45, 2.75) is 87.9 Å². The summed E-state index contributed by atoms with van der Waals surface area (Å²) < 4.78 is 49.6. The largest absolute Gasteiger partial charge is 0.381 e. The first-order chi connectivity index (χ1) is 21.6. The average Bonchev–Trinajstić information content (AvgIpc) is 3.66. The van der Waals surface area contributed by atoms with Crippen molar-refractivity contribution in [3.05, 3.63) is 0 Å². The van der Waals surface area contributed by atoms with E-state index in [1.165, 1.54) is 0 Å². The molecule has 3 N–H and O–H groups in total. The minimum absolute atomic E-state index is 0.0846. The van der Waals surface area contributed by atoms with Crippen LogP contribution >= 0.6 is 0 Å². The number of rotatable bonds is 8. The van der Waals surface area contributed by atoms with Crippen LogP contribution in [-0.2, 0) is 19.1 Å². The maximum Gasteiger partial charge on any atom is 0.325 e. The molecule has 0 aromatic rings. The molecular weight excluding hydrogens is 593 g/mol. The number of urea groups is 1. The Morgan fingerprint density at radius 2 is 1.73 bits per heavy atom. The second kappa shape index (κ2) is 13.3. The predicted molar refractivity (Wildman–Crippen MR) is 157 cm³/mol. The Balaban J connectivity index is 1.11. The molecule has 14 heteroatoms. The number of ether oxygens (including phenoxy) is 1. The molecule has 3 saturated carbocycles. The molecule has 3 heterocycles. The molecule has 1 spiro atoms. The lowest BCUT2D eigenvalue weighted by atomic mass is 9.67. The van der Waals surface area contributed by atoms with Crippen LogP contribution in [0.2, 0.25) is 0 Å². The lowest BCUT2D eigenvalue weighted by Crippen LogP contribution is -2.53. The van der Waals surface area contributed by atoms with E-state index in [9.17, 15) is 28.0 Å². The van der Waals surface area contributed by atoms with Gasteiger partial charge in [-0.3, -0.25) is 24.7 Å². The van der Waals surface area contributed by atoms with E-state index in [1.54, 1.807) is 11.9 Å². The summed E-state index contributed by atoms with van der Waals surface area (Å²) in [6.07, 6.45) is -0.595. The third kappa shape index (κ3) is 6.56. The second-order valence-corrected chi connectivity index (χ2v) is 14.2. The second-order valence-electron chi connectivity index (χ2n) is 14.2. The van der Waals surface area contributed by atoms with E-state index < -0.39 is 48.4 Å². The van der Waals surface area contributed by atoms with Crippen molar-refractivity contribution in [1.29, 1.82) is 0 Å². The van der Waals surface area contributed by atoms with Crippen molar-refractivity contribution in [3.63, 3.8) is 0 Å². The number of fused-ring (bicyclic) bond motifs is 2. The Labute approximate surface area is 262 Å². The van der Waals surface area contributed by atoms with E-state index in [4.69, 9.17) is 4.74 Å². The summed E-state index contributed by atoms with van der Waals surface area (Å²) in [6.45, 7) is 2.21. The highest BCUT2D eigenvalue weighted by atomic mass is 19.1. The molecule has 3 saturated heterocycles. The van der Waals surface area contributed by atoms with Gasteiger partial charge in [0.05, 0.1) is 6.54 Å². The molecule has 45 heavy (non-hydrogen) atoms. The number of likely N-dealkylation sites (N-methyl/N-ethyl adjacent to an activating group) is 1. The third-order valence-electron chi connectivity index (χ3n) is 11.5. The van der Waals surface area contributed by atoms with E-state index >= 15 is 4.39 Å². The Kier molecular flexibility index (Phi) is 9.64. The van der Waals surface area contributed by atoms with Crippen LogP contribution in [0.25, 0.3) is 0 Å². The normalized spacial score (nSPS) is 39.2. The summed E-state index contributed by atoms with van der Waals surface area (Å²) in [5.41, 5.74) is 1.90. The van der Waals surface area contributed by atoms with Gasteiger partial charge in [-0.1, -0.05) is 0 Å². The van der Waals surface area contributed by atoms with Crippen molar-refractivity contribution in [2.24, 2.45) is 29.6 Å². The molecule has 252 valence electrons. The standard InChI is InChI=1S/C31H47F3N6O5/c1-35-27(41)16-38-15-20(13-36-38)19-2-3-25-24(10-19)26(34)12-31(25)29(43)40(30(44)37-31)17-28(42)39(23-4-6-45-7-5-23)14-18-8-21(32)11-22(33)9-18/h18-26,36H,2-17H2,1H3,(H,35,41)(H,37,44)/t18?,19?,20?,21?,22?,24?,25?,26-,31+/m1/s1. The highest BCUT2D eigenvalue weighted by Crippen LogP contribution is 2.54. The maximum atomic E-state index is 15.7. The van der Waals surface area contributed by atoms with Crippen LogP contribution in [0, 0.1) is 29.6 Å². The molecule has 8 atom stereocenters. The zero-order chi connectivity index (χ0) is 31.9. The number of nitrogens with one attached hydrogen (secondary N) is 3. The Morgan fingerprint density at radius 3 is 2.44 bits per heavy atom. The van der Waals surface area contributed by atoms with Crippen molar-refractivity contribution in [2.75, 3.05) is 53.0 Å². The Morgan fingerprint density at radius 1 is 1.00 bits per heavy atom. The molecular formula is C31H47F3N6O5. The van der Waals surface area contributed by atoms with Gasteiger partial charge in [0.1, 0.15) is 30.6 Å². The van der Waals surface area contributed by atoms with Crippen LogP contribution in [0.3, 0.4) is 0 Å². The van der Waals surface area contributed by atoms with E-state index in [0.717, 1.165) is 11.3 Å². The van der Waals surface area contributed by atoms with Crippen LogP contribution in [0.5, 0.6) is 0 Å². The Bertz CT molecular complexity index is 1130. The number of hydrogen-bond donors (Lipinski definition) is 3. The van der Waals surface area contributed by atoms with Crippen LogP contribution < -0.4 is 16.1 Å². The molecule has 11 nitrogen and oxygen atoms in total. The van der Waals surface area contributed by atoms with Crippen LogP contribution in [0.1, 0.15) is 57.8 Å². The number of halogens is 3. The highest BCUT2D eigenvalue weighted by Gasteiger charge is 2.65. The number of alkyl halides is 3. The molecule has 0 aromatic carbocycles. The van der Waals surface area contributed by atoms with Crippen LogP contribution in [0.15, 0.2) is 0 Å². The van der Waals surface area contributed by atoms with Crippen molar-refractivity contribution in [1.82, 2.24) is 30.9 Å². The Hall–Kier alpha value is -2.45. The lowest BCUT2D eigenvalue weighted by Gasteiger charge is -2.40. The molecule has 6 unspecified atom stereocenters. The van der Waals surface area contributed by atoms with Crippen molar-refractivity contribution in [3.8, 4) is 0 Å². The zero-order valence-electron chi connectivity index (χ0n) is 26.0. The van der Waals surface area contributed by atoms with Crippen molar-refractivity contribution >= 4 is 23.8 Å². The molecule has 6 fully saturated rings. The van der Waals surface area contributed by atoms with E-state index in [1.807, 2.05) is 5.01 Å². The van der Waals surface area contributed by atoms with Gasteiger partial charge >= 0.3 is 6.03 Å². The molecule has 0 bridgehead atoms. The van der Waals surface area contributed by atoms with Crippen molar-refractivity contribution < 1.29 is 37.1 Å². The smallest absolute Gasteiger partial charge is 0.325 e. The van der Waals surface area contributed by atoms with Gasteiger partial charge in [-0.05, 0) is 74.5 Å². The monoisotopic (exact) mass is 640 g/mol. The van der Waals surface area contributed by atoms with Gasteiger partial charge in [-0.2, -0.15) is 0 Å².